The Kier molecular flexibility index (Phi) is 6.60. The number of fused-ring (bicyclic) bond motifs is 1. The highest BCUT2D eigenvalue weighted by Gasteiger charge is 2.40. The molecule has 1 aliphatic heterocycles. The molecule has 0 saturated heterocycles. The third-order valence-corrected chi connectivity index (χ3v) is 4.18. The minimum Gasteiger partial charge on any atom is -0.385 e. The monoisotopic (exact) mass is 359 g/mol. The third-order valence-electron chi connectivity index (χ3n) is 4.18. The summed E-state index contributed by atoms with van der Waals surface area (Å²) in [5.74, 6) is -1.35. The molecule has 1 aromatic rings. The van der Waals surface area contributed by atoms with Crippen LogP contribution in [0.5, 0.6) is 0 Å². The molecule has 0 spiro atoms. The van der Waals surface area contributed by atoms with Crippen molar-refractivity contribution in [1.29, 1.82) is 0 Å². The molecular formula is C18H21N3O5. The topological polar surface area (TPSA) is 113 Å². The van der Waals surface area contributed by atoms with Crippen LogP contribution in [0.3, 0.4) is 0 Å². The first kappa shape index (κ1) is 19.3. The summed E-state index contributed by atoms with van der Waals surface area (Å²) >= 11 is 0. The minimum absolute atomic E-state index is 0.0385. The second-order valence-electron chi connectivity index (χ2n) is 5.89. The molecular weight excluding hydrogens is 338 g/mol. The molecule has 26 heavy (non-hydrogen) atoms. The van der Waals surface area contributed by atoms with Gasteiger partial charge in [0.05, 0.1) is 17.2 Å². The summed E-state index contributed by atoms with van der Waals surface area (Å²) in [4.78, 5) is 59.1. The van der Waals surface area contributed by atoms with Crippen molar-refractivity contribution in [2.45, 2.75) is 31.7 Å². The molecule has 0 radical (unpaired) electrons. The second kappa shape index (κ2) is 8.89. The van der Waals surface area contributed by atoms with Gasteiger partial charge in [-0.3, -0.25) is 19.3 Å². The summed E-state index contributed by atoms with van der Waals surface area (Å²) in [5, 5.41) is 5.52. The molecule has 2 rings (SSSR count). The van der Waals surface area contributed by atoms with Crippen LogP contribution >= 0.6 is 0 Å². The van der Waals surface area contributed by atoms with E-state index < -0.39 is 17.9 Å². The predicted molar refractivity (Wildman–Crippen MR) is 93.9 cm³/mol. The largest absolute Gasteiger partial charge is 0.385 e. The minimum atomic E-state index is -0.983. The zero-order valence-corrected chi connectivity index (χ0v) is 14.5. The van der Waals surface area contributed by atoms with E-state index in [4.69, 9.17) is 0 Å². The predicted octanol–water partition coefficient (Wildman–Crippen LogP) is 0.767. The fourth-order valence-corrected chi connectivity index (χ4v) is 2.75. The number of aldehydes is 2. The molecule has 0 bridgehead atoms. The van der Waals surface area contributed by atoms with Crippen molar-refractivity contribution in [3.8, 4) is 0 Å². The molecule has 1 aromatic carbocycles. The van der Waals surface area contributed by atoms with Gasteiger partial charge >= 0.3 is 0 Å². The fraction of sp³-hybridized carbons (Fsp3) is 0.389. The SMILES string of the molecule is CNC(=O)CCC(C=O)N1C(=O)c2ccc(NCCCC=O)cc2C1=O. The summed E-state index contributed by atoms with van der Waals surface area (Å²) in [6, 6.07) is 3.80. The lowest BCUT2D eigenvalue weighted by atomic mass is 10.1. The van der Waals surface area contributed by atoms with Crippen LogP contribution in [0.2, 0.25) is 0 Å². The Balaban J connectivity index is 2.13. The normalized spacial score (nSPS) is 14.0. The lowest BCUT2D eigenvalue weighted by Crippen LogP contribution is -2.41. The number of anilines is 1. The number of rotatable bonds is 10. The van der Waals surface area contributed by atoms with Gasteiger partial charge in [-0.05, 0) is 31.0 Å². The second-order valence-corrected chi connectivity index (χ2v) is 5.89. The number of unbranched alkanes of at least 4 members (excludes halogenated alkanes) is 1. The van der Waals surface area contributed by atoms with Crippen LogP contribution in [0.25, 0.3) is 0 Å². The van der Waals surface area contributed by atoms with Gasteiger partial charge in [0.2, 0.25) is 5.91 Å². The maximum Gasteiger partial charge on any atom is 0.262 e. The van der Waals surface area contributed by atoms with Crippen molar-refractivity contribution >= 4 is 36.0 Å². The van der Waals surface area contributed by atoms with E-state index in [1.807, 2.05) is 0 Å². The molecule has 0 aliphatic carbocycles. The van der Waals surface area contributed by atoms with Gasteiger partial charge in [0.25, 0.3) is 11.8 Å². The lowest BCUT2D eigenvalue weighted by Gasteiger charge is -2.20. The Bertz CT molecular complexity index is 732. The number of hydrogen-bond donors (Lipinski definition) is 2. The highest BCUT2D eigenvalue weighted by atomic mass is 16.2. The highest BCUT2D eigenvalue weighted by Crippen LogP contribution is 2.28. The van der Waals surface area contributed by atoms with Gasteiger partial charge in [0, 0.05) is 32.1 Å². The third kappa shape index (κ3) is 4.14. The van der Waals surface area contributed by atoms with Gasteiger partial charge in [-0.1, -0.05) is 0 Å². The van der Waals surface area contributed by atoms with Crippen molar-refractivity contribution in [2.24, 2.45) is 0 Å². The van der Waals surface area contributed by atoms with E-state index in [9.17, 15) is 24.0 Å². The summed E-state index contributed by atoms with van der Waals surface area (Å²) < 4.78 is 0. The summed E-state index contributed by atoms with van der Waals surface area (Å²) in [5.41, 5.74) is 1.12. The van der Waals surface area contributed by atoms with Crippen LogP contribution in [-0.4, -0.2) is 54.8 Å². The molecule has 3 amide bonds. The number of carbonyl (C=O) groups excluding carboxylic acids is 5. The summed E-state index contributed by atoms with van der Waals surface area (Å²) in [6.07, 6.45) is 2.57. The van der Waals surface area contributed by atoms with Crippen LogP contribution in [0.1, 0.15) is 46.4 Å². The molecule has 0 fully saturated rings. The number of nitrogens with one attached hydrogen (secondary N) is 2. The van der Waals surface area contributed by atoms with E-state index in [2.05, 4.69) is 10.6 Å². The molecule has 8 heteroatoms. The zero-order chi connectivity index (χ0) is 19.1. The molecule has 2 N–H and O–H groups in total. The Hall–Kier alpha value is -3.03. The molecule has 1 atom stereocenters. The quantitative estimate of drug-likeness (QED) is 0.362. The van der Waals surface area contributed by atoms with E-state index >= 15 is 0 Å². The van der Waals surface area contributed by atoms with Crippen LogP contribution < -0.4 is 10.6 Å². The zero-order valence-electron chi connectivity index (χ0n) is 14.5. The number of imide groups is 1. The molecule has 0 aromatic heterocycles. The Morgan fingerprint density at radius 2 is 1.92 bits per heavy atom. The lowest BCUT2D eigenvalue weighted by molar-refractivity contribution is -0.121. The number of amides is 3. The molecule has 0 saturated carbocycles. The average molecular weight is 359 g/mol. The highest BCUT2D eigenvalue weighted by molar-refractivity contribution is 6.22. The molecule has 1 heterocycles. The van der Waals surface area contributed by atoms with Crippen LogP contribution in [0, 0.1) is 0 Å². The molecule has 1 aliphatic rings. The van der Waals surface area contributed by atoms with Crippen molar-refractivity contribution in [1.82, 2.24) is 10.2 Å². The molecule has 8 nitrogen and oxygen atoms in total. The number of carbonyl (C=O) groups is 5. The van der Waals surface area contributed by atoms with E-state index in [0.717, 1.165) is 11.2 Å². The Labute approximate surface area is 150 Å². The van der Waals surface area contributed by atoms with Crippen molar-refractivity contribution in [3.63, 3.8) is 0 Å². The van der Waals surface area contributed by atoms with E-state index in [-0.39, 0.29) is 29.9 Å². The fourth-order valence-electron chi connectivity index (χ4n) is 2.75. The number of benzene rings is 1. The average Bonchev–Trinajstić information content (AvgIpc) is 2.90. The van der Waals surface area contributed by atoms with Crippen LogP contribution in [0.15, 0.2) is 18.2 Å². The van der Waals surface area contributed by atoms with Gasteiger partial charge < -0.3 is 20.2 Å². The Morgan fingerprint density at radius 3 is 2.58 bits per heavy atom. The smallest absolute Gasteiger partial charge is 0.262 e. The van der Waals surface area contributed by atoms with Gasteiger partial charge in [-0.15, -0.1) is 0 Å². The van der Waals surface area contributed by atoms with Crippen LogP contribution in [0.4, 0.5) is 5.69 Å². The first-order valence-corrected chi connectivity index (χ1v) is 8.38. The van der Waals surface area contributed by atoms with Gasteiger partial charge in [-0.2, -0.15) is 0 Å². The first-order chi connectivity index (χ1) is 12.5. The van der Waals surface area contributed by atoms with Crippen molar-refractivity contribution in [2.75, 3.05) is 18.9 Å². The number of nitrogens with zero attached hydrogens (tertiary/aromatic N) is 1. The maximum atomic E-state index is 12.6. The summed E-state index contributed by atoms with van der Waals surface area (Å²) in [7, 11) is 1.48. The molecule has 1 unspecified atom stereocenters. The molecule has 138 valence electrons. The van der Waals surface area contributed by atoms with Crippen LogP contribution in [-0.2, 0) is 14.4 Å². The first-order valence-electron chi connectivity index (χ1n) is 8.38. The van der Waals surface area contributed by atoms with Gasteiger partial charge in [0.15, 0.2) is 0 Å². The Morgan fingerprint density at radius 1 is 1.19 bits per heavy atom. The van der Waals surface area contributed by atoms with E-state index in [0.29, 0.717) is 31.4 Å². The van der Waals surface area contributed by atoms with Crippen molar-refractivity contribution in [3.05, 3.63) is 29.3 Å². The summed E-state index contributed by atoms with van der Waals surface area (Å²) in [6.45, 7) is 0.562. The van der Waals surface area contributed by atoms with Gasteiger partial charge in [-0.25, -0.2) is 0 Å². The van der Waals surface area contributed by atoms with E-state index in [1.54, 1.807) is 12.1 Å². The van der Waals surface area contributed by atoms with Gasteiger partial charge in [0.1, 0.15) is 12.6 Å². The standard InChI is InChI=1S/C18H21N3O5/c1-19-16(24)7-5-13(11-23)21-17(25)14-6-4-12(10-15(14)18(21)26)20-8-2-3-9-22/h4,6,9-11,13,20H,2-3,5,7-8H2,1H3,(H,19,24). The van der Waals surface area contributed by atoms with E-state index in [1.165, 1.54) is 13.1 Å². The van der Waals surface area contributed by atoms with Crippen molar-refractivity contribution < 1.29 is 24.0 Å². The number of hydrogen-bond acceptors (Lipinski definition) is 6. The maximum absolute atomic E-state index is 12.6.